The van der Waals surface area contributed by atoms with Gasteiger partial charge in [0.25, 0.3) is 0 Å². The Morgan fingerprint density at radius 2 is 1.71 bits per heavy atom. The molecule has 0 bridgehead atoms. The molecule has 0 radical (unpaired) electrons. The van der Waals surface area contributed by atoms with Gasteiger partial charge in [-0.15, -0.1) is 0 Å². The van der Waals surface area contributed by atoms with Crippen molar-refractivity contribution in [1.82, 2.24) is 20.4 Å². The number of rotatable bonds is 2. The Hall–Kier alpha value is -2.77. The maximum absolute atomic E-state index is 12.8. The number of aromatic amines is 2. The third-order valence-electron chi connectivity index (χ3n) is 3.06. The van der Waals surface area contributed by atoms with Crippen LogP contribution in [-0.2, 0) is 6.18 Å². The van der Waals surface area contributed by atoms with E-state index in [4.69, 9.17) is 5.73 Å². The van der Waals surface area contributed by atoms with Crippen molar-refractivity contribution in [3.05, 3.63) is 42.2 Å². The van der Waals surface area contributed by atoms with E-state index in [-0.39, 0.29) is 0 Å². The zero-order chi connectivity index (χ0) is 15.0. The van der Waals surface area contributed by atoms with Crippen LogP contribution in [0.25, 0.3) is 22.5 Å². The summed E-state index contributed by atoms with van der Waals surface area (Å²) in [6.07, 6.45) is -1.52. The van der Waals surface area contributed by atoms with Gasteiger partial charge >= 0.3 is 6.18 Å². The Morgan fingerprint density at radius 3 is 2.38 bits per heavy atom. The van der Waals surface area contributed by atoms with Gasteiger partial charge in [0.1, 0.15) is 5.69 Å². The maximum Gasteiger partial charge on any atom is 0.416 e. The van der Waals surface area contributed by atoms with Gasteiger partial charge in [0.05, 0.1) is 29.3 Å². The standard InChI is InChI=1S/C13H10F3N5/c14-13(15,16)8-3-1-2-7(4-8)9-5-18-20-11(9)12-10(17)6-19-21-12/h1-6H,17H2,(H,18,20)(H,19,21). The predicted octanol–water partition coefficient (Wildman–Crippen LogP) is 3.07. The smallest absolute Gasteiger partial charge is 0.396 e. The molecule has 0 aliphatic carbocycles. The Kier molecular flexibility index (Phi) is 2.93. The van der Waals surface area contributed by atoms with Crippen LogP contribution in [0.1, 0.15) is 5.56 Å². The minimum absolute atomic E-state index is 0.382. The minimum Gasteiger partial charge on any atom is -0.396 e. The van der Waals surface area contributed by atoms with Crippen molar-refractivity contribution in [2.24, 2.45) is 0 Å². The topological polar surface area (TPSA) is 83.4 Å². The van der Waals surface area contributed by atoms with Crippen LogP contribution in [0.2, 0.25) is 0 Å². The summed E-state index contributed by atoms with van der Waals surface area (Å²) >= 11 is 0. The van der Waals surface area contributed by atoms with Crippen LogP contribution in [0.4, 0.5) is 18.9 Å². The highest BCUT2D eigenvalue weighted by molar-refractivity contribution is 5.83. The molecule has 0 aliphatic heterocycles. The van der Waals surface area contributed by atoms with Crippen LogP contribution in [0.15, 0.2) is 36.7 Å². The number of aromatic nitrogens is 4. The summed E-state index contributed by atoms with van der Waals surface area (Å²) in [4.78, 5) is 0. The summed E-state index contributed by atoms with van der Waals surface area (Å²) in [6.45, 7) is 0. The van der Waals surface area contributed by atoms with Crippen LogP contribution in [-0.4, -0.2) is 20.4 Å². The molecular formula is C13H10F3N5. The molecule has 3 rings (SSSR count). The molecular weight excluding hydrogens is 283 g/mol. The lowest BCUT2D eigenvalue weighted by atomic mass is 10.0. The van der Waals surface area contributed by atoms with Crippen LogP contribution in [0.3, 0.4) is 0 Å². The van der Waals surface area contributed by atoms with Crippen molar-refractivity contribution in [1.29, 1.82) is 0 Å². The van der Waals surface area contributed by atoms with Gasteiger partial charge in [-0.1, -0.05) is 12.1 Å². The van der Waals surface area contributed by atoms with E-state index in [2.05, 4.69) is 20.4 Å². The van der Waals surface area contributed by atoms with Gasteiger partial charge in [-0.2, -0.15) is 23.4 Å². The number of nitrogen functional groups attached to an aromatic ring is 1. The summed E-state index contributed by atoms with van der Waals surface area (Å²) in [5.74, 6) is 0. The second-order valence-electron chi connectivity index (χ2n) is 4.44. The van der Waals surface area contributed by atoms with E-state index < -0.39 is 11.7 Å². The molecule has 3 aromatic rings. The van der Waals surface area contributed by atoms with Crippen LogP contribution in [0.5, 0.6) is 0 Å². The van der Waals surface area contributed by atoms with Crippen molar-refractivity contribution < 1.29 is 13.2 Å². The fourth-order valence-corrected chi connectivity index (χ4v) is 2.05. The maximum atomic E-state index is 12.8. The molecule has 8 heteroatoms. The molecule has 0 amide bonds. The monoisotopic (exact) mass is 293 g/mol. The van der Waals surface area contributed by atoms with Gasteiger partial charge < -0.3 is 5.73 Å². The first-order chi connectivity index (χ1) is 9.97. The quantitative estimate of drug-likeness (QED) is 0.679. The third kappa shape index (κ3) is 2.35. The molecule has 0 saturated heterocycles. The largest absolute Gasteiger partial charge is 0.416 e. The molecule has 0 unspecified atom stereocenters. The van der Waals surface area contributed by atoms with Gasteiger partial charge in [-0.05, 0) is 17.7 Å². The molecule has 0 atom stereocenters. The van der Waals surface area contributed by atoms with Gasteiger partial charge in [0.2, 0.25) is 0 Å². The van der Waals surface area contributed by atoms with Crippen LogP contribution >= 0.6 is 0 Å². The Bertz CT molecular complexity index is 772. The lowest BCUT2D eigenvalue weighted by molar-refractivity contribution is -0.137. The normalized spacial score (nSPS) is 11.8. The van der Waals surface area contributed by atoms with E-state index in [0.29, 0.717) is 28.2 Å². The van der Waals surface area contributed by atoms with Crippen molar-refractivity contribution >= 4 is 5.69 Å². The lowest BCUT2D eigenvalue weighted by Gasteiger charge is -2.08. The summed E-state index contributed by atoms with van der Waals surface area (Å²) in [7, 11) is 0. The molecule has 0 saturated carbocycles. The van der Waals surface area contributed by atoms with E-state index >= 15 is 0 Å². The molecule has 1 aromatic carbocycles. The number of halogens is 3. The highest BCUT2D eigenvalue weighted by Crippen LogP contribution is 2.35. The number of benzene rings is 1. The molecule has 2 aromatic heterocycles. The first-order valence-corrected chi connectivity index (χ1v) is 5.97. The van der Waals surface area contributed by atoms with E-state index in [9.17, 15) is 13.2 Å². The first kappa shape index (κ1) is 13.2. The van der Waals surface area contributed by atoms with Crippen molar-refractivity contribution in [3.8, 4) is 22.5 Å². The number of nitrogens with two attached hydrogens (primary N) is 1. The zero-order valence-corrected chi connectivity index (χ0v) is 10.6. The summed E-state index contributed by atoms with van der Waals surface area (Å²) in [5, 5.41) is 13.1. The Morgan fingerprint density at radius 1 is 1.00 bits per heavy atom. The number of H-pyrrole nitrogens is 2. The van der Waals surface area contributed by atoms with Gasteiger partial charge in [-0.3, -0.25) is 10.2 Å². The second kappa shape index (κ2) is 4.65. The van der Waals surface area contributed by atoms with E-state index in [1.807, 2.05) is 0 Å². The first-order valence-electron chi connectivity index (χ1n) is 5.97. The average Bonchev–Trinajstić information content (AvgIpc) is 3.06. The van der Waals surface area contributed by atoms with Crippen molar-refractivity contribution in [2.45, 2.75) is 6.18 Å². The molecule has 0 fully saturated rings. The SMILES string of the molecule is Nc1cn[nH]c1-c1[nH]ncc1-c1cccc(C(F)(F)F)c1. The highest BCUT2D eigenvalue weighted by atomic mass is 19.4. The molecule has 0 aliphatic rings. The van der Waals surface area contributed by atoms with Gasteiger partial charge in [0, 0.05) is 5.56 Å². The van der Waals surface area contributed by atoms with Crippen molar-refractivity contribution in [3.63, 3.8) is 0 Å². The average molecular weight is 293 g/mol. The lowest BCUT2D eigenvalue weighted by Crippen LogP contribution is -2.04. The van der Waals surface area contributed by atoms with Crippen LogP contribution < -0.4 is 5.73 Å². The van der Waals surface area contributed by atoms with E-state index in [0.717, 1.165) is 12.1 Å². The number of hydrogen-bond acceptors (Lipinski definition) is 3. The number of nitrogens with one attached hydrogen (secondary N) is 2. The van der Waals surface area contributed by atoms with Crippen molar-refractivity contribution in [2.75, 3.05) is 5.73 Å². The molecule has 108 valence electrons. The third-order valence-corrected chi connectivity index (χ3v) is 3.06. The number of alkyl halides is 3. The van der Waals surface area contributed by atoms with Gasteiger partial charge in [0.15, 0.2) is 0 Å². The van der Waals surface area contributed by atoms with Crippen LogP contribution in [0, 0.1) is 0 Å². The van der Waals surface area contributed by atoms with E-state index in [1.165, 1.54) is 18.5 Å². The predicted molar refractivity (Wildman–Crippen MR) is 71.0 cm³/mol. The fraction of sp³-hybridized carbons (Fsp3) is 0.0769. The Labute approximate surface area is 117 Å². The summed E-state index contributed by atoms with van der Waals surface area (Å²) in [5.41, 5.74) is 7.30. The summed E-state index contributed by atoms with van der Waals surface area (Å²) in [6, 6.07) is 5.02. The summed E-state index contributed by atoms with van der Waals surface area (Å²) < 4.78 is 38.4. The van der Waals surface area contributed by atoms with Gasteiger partial charge in [-0.25, -0.2) is 0 Å². The number of anilines is 1. The zero-order valence-electron chi connectivity index (χ0n) is 10.6. The molecule has 2 heterocycles. The molecule has 0 spiro atoms. The molecule has 5 nitrogen and oxygen atoms in total. The minimum atomic E-state index is -4.40. The second-order valence-corrected chi connectivity index (χ2v) is 4.44. The molecule has 21 heavy (non-hydrogen) atoms. The fourth-order valence-electron chi connectivity index (χ4n) is 2.05. The number of nitrogens with zero attached hydrogens (tertiary/aromatic N) is 2. The van der Waals surface area contributed by atoms with E-state index in [1.54, 1.807) is 6.07 Å². The molecule has 4 N–H and O–H groups in total. The Balaban J connectivity index is 2.11. The number of hydrogen-bond donors (Lipinski definition) is 3. The highest BCUT2D eigenvalue weighted by Gasteiger charge is 2.30.